The average Bonchev–Trinajstić information content (AvgIpc) is 3.02. The molecular formula is C16H16N4O. The quantitative estimate of drug-likeness (QED) is 0.801. The van der Waals surface area contributed by atoms with Crippen LogP contribution < -0.4 is 5.32 Å². The lowest BCUT2D eigenvalue weighted by atomic mass is 10.1. The molecular weight excluding hydrogens is 264 g/mol. The van der Waals surface area contributed by atoms with Crippen molar-refractivity contribution in [2.24, 2.45) is 0 Å². The van der Waals surface area contributed by atoms with Gasteiger partial charge in [0.1, 0.15) is 0 Å². The number of aromatic nitrogens is 3. The maximum atomic E-state index is 12.1. The lowest BCUT2D eigenvalue weighted by Crippen LogP contribution is -2.18. The van der Waals surface area contributed by atoms with Crippen LogP contribution in [0.5, 0.6) is 0 Å². The zero-order valence-electron chi connectivity index (χ0n) is 12.0. The van der Waals surface area contributed by atoms with E-state index in [1.165, 1.54) is 0 Å². The molecule has 5 heteroatoms. The molecule has 0 aliphatic rings. The first-order chi connectivity index (χ1) is 10.2. The molecule has 0 atom stereocenters. The number of para-hydroxylation sites is 1. The van der Waals surface area contributed by atoms with E-state index in [-0.39, 0.29) is 5.91 Å². The van der Waals surface area contributed by atoms with E-state index in [0.29, 0.717) is 5.56 Å². The highest BCUT2D eigenvalue weighted by Gasteiger charge is 2.13. The number of fused-ring (bicyclic) bond motifs is 1. The number of hydrogen-bond acceptors (Lipinski definition) is 3. The van der Waals surface area contributed by atoms with E-state index in [1.807, 2.05) is 48.1 Å². The van der Waals surface area contributed by atoms with Crippen LogP contribution in [-0.2, 0) is 6.54 Å². The fourth-order valence-corrected chi connectivity index (χ4v) is 2.31. The summed E-state index contributed by atoms with van der Waals surface area (Å²) in [6.45, 7) is 2.83. The molecule has 0 aliphatic carbocycles. The molecule has 0 fully saturated rings. The van der Waals surface area contributed by atoms with Gasteiger partial charge < -0.3 is 5.32 Å². The van der Waals surface area contributed by atoms with Gasteiger partial charge >= 0.3 is 0 Å². The Labute approximate surface area is 122 Å². The smallest absolute Gasteiger partial charge is 0.251 e. The van der Waals surface area contributed by atoms with Crippen molar-refractivity contribution in [1.29, 1.82) is 0 Å². The van der Waals surface area contributed by atoms with E-state index in [0.717, 1.165) is 28.7 Å². The van der Waals surface area contributed by atoms with Crippen LogP contribution in [0.3, 0.4) is 0 Å². The van der Waals surface area contributed by atoms with E-state index >= 15 is 0 Å². The number of rotatable bonds is 3. The van der Waals surface area contributed by atoms with Gasteiger partial charge in [0.2, 0.25) is 0 Å². The van der Waals surface area contributed by atoms with Gasteiger partial charge in [-0.15, -0.1) is 0 Å². The Kier molecular flexibility index (Phi) is 3.39. The molecule has 2 aromatic heterocycles. The molecule has 1 N–H and O–H groups in total. The van der Waals surface area contributed by atoms with Crippen molar-refractivity contribution in [3.8, 4) is 11.3 Å². The number of carbonyl (C=O) groups is 1. The third-order valence-electron chi connectivity index (χ3n) is 3.44. The lowest BCUT2D eigenvalue weighted by Gasteiger charge is -2.07. The first kappa shape index (κ1) is 13.3. The second-order valence-electron chi connectivity index (χ2n) is 4.74. The number of nitrogens with zero attached hydrogens (tertiary/aromatic N) is 3. The summed E-state index contributed by atoms with van der Waals surface area (Å²) in [5.41, 5.74) is 3.10. The van der Waals surface area contributed by atoms with Gasteiger partial charge in [-0.05, 0) is 19.1 Å². The molecule has 3 aromatic rings. The Morgan fingerprint density at radius 2 is 2.14 bits per heavy atom. The van der Waals surface area contributed by atoms with Gasteiger partial charge in [0.15, 0.2) is 0 Å². The van der Waals surface area contributed by atoms with Gasteiger partial charge in [-0.3, -0.25) is 9.48 Å². The summed E-state index contributed by atoms with van der Waals surface area (Å²) >= 11 is 0. The minimum atomic E-state index is -0.113. The van der Waals surface area contributed by atoms with E-state index in [9.17, 15) is 4.79 Å². The molecule has 0 saturated carbocycles. The van der Waals surface area contributed by atoms with Crippen molar-refractivity contribution in [2.45, 2.75) is 13.5 Å². The number of pyridine rings is 1. The number of hydrogen-bond donors (Lipinski definition) is 1. The van der Waals surface area contributed by atoms with Gasteiger partial charge in [-0.25, -0.2) is 4.98 Å². The molecule has 5 nitrogen and oxygen atoms in total. The maximum absolute atomic E-state index is 12.1. The largest absolute Gasteiger partial charge is 0.355 e. The molecule has 0 aliphatic heterocycles. The zero-order chi connectivity index (χ0) is 14.8. The van der Waals surface area contributed by atoms with Crippen LogP contribution >= 0.6 is 0 Å². The molecule has 0 spiro atoms. The Bertz CT molecular complexity index is 807. The molecule has 106 valence electrons. The molecule has 21 heavy (non-hydrogen) atoms. The Balaban J connectivity index is 2.22. The SMILES string of the molecule is CCn1cc(-c2cc(C(=O)NC)c3ccccc3n2)cn1. The summed E-state index contributed by atoms with van der Waals surface area (Å²) in [4.78, 5) is 16.7. The van der Waals surface area contributed by atoms with Gasteiger partial charge in [0.25, 0.3) is 5.91 Å². The highest BCUT2D eigenvalue weighted by Crippen LogP contribution is 2.24. The van der Waals surface area contributed by atoms with Crippen LogP contribution in [0.15, 0.2) is 42.7 Å². The Morgan fingerprint density at radius 3 is 2.86 bits per heavy atom. The predicted molar refractivity (Wildman–Crippen MR) is 82.0 cm³/mol. The maximum Gasteiger partial charge on any atom is 0.251 e. The topological polar surface area (TPSA) is 59.8 Å². The highest BCUT2D eigenvalue weighted by atomic mass is 16.1. The van der Waals surface area contributed by atoms with Gasteiger partial charge in [0.05, 0.1) is 23.0 Å². The van der Waals surface area contributed by atoms with E-state index in [2.05, 4.69) is 15.4 Å². The third-order valence-corrected chi connectivity index (χ3v) is 3.44. The van der Waals surface area contributed by atoms with Crippen molar-refractivity contribution in [3.63, 3.8) is 0 Å². The fourth-order valence-electron chi connectivity index (χ4n) is 2.31. The molecule has 0 unspecified atom stereocenters. The summed E-state index contributed by atoms with van der Waals surface area (Å²) in [5, 5.41) is 7.79. The van der Waals surface area contributed by atoms with Crippen LogP contribution in [0.1, 0.15) is 17.3 Å². The standard InChI is InChI=1S/C16H16N4O/c1-3-20-10-11(9-18-20)15-8-13(16(21)17-2)12-6-4-5-7-14(12)19-15/h4-10H,3H2,1-2H3,(H,17,21). The van der Waals surface area contributed by atoms with E-state index < -0.39 is 0 Å². The molecule has 1 amide bonds. The molecule has 3 rings (SSSR count). The van der Waals surface area contributed by atoms with Crippen LogP contribution in [0.2, 0.25) is 0 Å². The van der Waals surface area contributed by atoms with Gasteiger partial charge in [-0.2, -0.15) is 5.10 Å². The summed E-state index contributed by atoms with van der Waals surface area (Å²) in [5.74, 6) is -0.113. The molecule has 1 aromatic carbocycles. The lowest BCUT2D eigenvalue weighted by molar-refractivity contribution is 0.0964. The minimum Gasteiger partial charge on any atom is -0.355 e. The number of benzene rings is 1. The normalized spacial score (nSPS) is 10.8. The van der Waals surface area contributed by atoms with E-state index in [4.69, 9.17) is 0 Å². The molecule has 2 heterocycles. The van der Waals surface area contributed by atoms with Crippen LogP contribution in [0.4, 0.5) is 0 Å². The molecule has 0 radical (unpaired) electrons. The number of aryl methyl sites for hydroxylation is 1. The number of amides is 1. The molecule has 0 bridgehead atoms. The average molecular weight is 280 g/mol. The first-order valence-corrected chi connectivity index (χ1v) is 6.87. The number of carbonyl (C=O) groups excluding carboxylic acids is 1. The second kappa shape index (κ2) is 5.36. The fraction of sp³-hybridized carbons (Fsp3) is 0.188. The van der Waals surface area contributed by atoms with Crippen molar-refractivity contribution in [1.82, 2.24) is 20.1 Å². The van der Waals surface area contributed by atoms with Crippen molar-refractivity contribution >= 4 is 16.8 Å². The molecule has 0 saturated heterocycles. The summed E-state index contributed by atoms with van der Waals surface area (Å²) in [6, 6.07) is 9.47. The van der Waals surface area contributed by atoms with Crippen LogP contribution in [0.25, 0.3) is 22.2 Å². The van der Waals surface area contributed by atoms with Crippen LogP contribution in [-0.4, -0.2) is 27.7 Å². The minimum absolute atomic E-state index is 0.113. The van der Waals surface area contributed by atoms with Crippen molar-refractivity contribution < 1.29 is 4.79 Å². The van der Waals surface area contributed by atoms with Gasteiger partial charge in [-0.1, -0.05) is 18.2 Å². The van der Waals surface area contributed by atoms with E-state index in [1.54, 1.807) is 13.2 Å². The Hall–Kier alpha value is -2.69. The zero-order valence-corrected chi connectivity index (χ0v) is 12.0. The summed E-state index contributed by atoms with van der Waals surface area (Å²) < 4.78 is 1.84. The first-order valence-electron chi connectivity index (χ1n) is 6.87. The summed E-state index contributed by atoms with van der Waals surface area (Å²) in [7, 11) is 1.63. The number of nitrogens with one attached hydrogen (secondary N) is 1. The van der Waals surface area contributed by atoms with Crippen molar-refractivity contribution in [2.75, 3.05) is 7.05 Å². The van der Waals surface area contributed by atoms with Crippen LogP contribution in [0, 0.1) is 0 Å². The summed E-state index contributed by atoms with van der Waals surface area (Å²) in [6.07, 6.45) is 3.71. The highest BCUT2D eigenvalue weighted by molar-refractivity contribution is 6.07. The monoisotopic (exact) mass is 280 g/mol. The third kappa shape index (κ3) is 2.38. The Morgan fingerprint density at radius 1 is 1.33 bits per heavy atom. The van der Waals surface area contributed by atoms with Crippen molar-refractivity contribution in [3.05, 3.63) is 48.3 Å². The predicted octanol–water partition coefficient (Wildman–Crippen LogP) is 2.48. The van der Waals surface area contributed by atoms with Gasteiger partial charge in [0, 0.05) is 30.7 Å². The second-order valence-corrected chi connectivity index (χ2v) is 4.74.